The van der Waals surface area contributed by atoms with Crippen LogP contribution in [0.3, 0.4) is 0 Å². The lowest BCUT2D eigenvalue weighted by Crippen LogP contribution is -2.44. The van der Waals surface area contributed by atoms with E-state index in [9.17, 15) is 24.6 Å². The smallest absolute Gasteiger partial charge is 0.407 e. The van der Waals surface area contributed by atoms with Crippen molar-refractivity contribution in [3.63, 3.8) is 0 Å². The molecule has 1 amide bonds. The predicted octanol–water partition coefficient (Wildman–Crippen LogP) is 3.22. The molecule has 1 unspecified atom stereocenters. The van der Waals surface area contributed by atoms with Crippen LogP contribution in [0.1, 0.15) is 12.0 Å². The fraction of sp³-hybridized carbons (Fsp3) is 0.238. The molecule has 3 N–H and O–H groups in total. The number of benzene rings is 2. The highest BCUT2D eigenvalue weighted by molar-refractivity contribution is 7.99. The van der Waals surface area contributed by atoms with Gasteiger partial charge in [-0.3, -0.25) is 9.59 Å². The Morgan fingerprint density at radius 3 is 2.46 bits per heavy atom. The quantitative estimate of drug-likeness (QED) is 0.330. The number of ketones is 1. The Balaban J connectivity index is 1.61. The van der Waals surface area contributed by atoms with E-state index in [0.29, 0.717) is 21.4 Å². The fourth-order valence-corrected chi connectivity index (χ4v) is 4.25. The number of ether oxygens (including phenoxy) is 1. The monoisotopic (exact) mass is 539 g/mol. The van der Waals surface area contributed by atoms with Gasteiger partial charge >= 0.3 is 12.1 Å². The SMILES string of the molecule is O=C(O)CC(NC(=O)OCCc1ccc(O)cc1)C(=O)Cn1nnnc1Sc1c(Cl)cccc1Cl. The largest absolute Gasteiger partial charge is 0.508 e. The lowest BCUT2D eigenvalue weighted by molar-refractivity contribution is -0.139. The highest BCUT2D eigenvalue weighted by atomic mass is 35.5. The number of phenols is 1. The second-order valence-corrected chi connectivity index (χ2v) is 8.88. The molecule has 11 nitrogen and oxygen atoms in total. The molecule has 0 radical (unpaired) electrons. The number of tetrazole rings is 1. The molecule has 0 bridgehead atoms. The first kappa shape index (κ1) is 26.3. The first-order valence-corrected chi connectivity index (χ1v) is 11.6. The van der Waals surface area contributed by atoms with Crippen LogP contribution in [0, 0.1) is 0 Å². The number of halogens is 2. The molecule has 14 heteroatoms. The maximum atomic E-state index is 12.8. The summed E-state index contributed by atoms with van der Waals surface area (Å²) in [4.78, 5) is 36.7. The molecule has 0 fully saturated rings. The number of carboxylic acid groups (broad SMARTS) is 1. The van der Waals surface area contributed by atoms with Crippen molar-refractivity contribution in [2.75, 3.05) is 6.61 Å². The second kappa shape index (κ2) is 12.4. The zero-order chi connectivity index (χ0) is 25.4. The number of carbonyl (C=O) groups excluding carboxylic acids is 2. The van der Waals surface area contributed by atoms with E-state index in [1.54, 1.807) is 30.3 Å². The van der Waals surface area contributed by atoms with Crippen molar-refractivity contribution < 1.29 is 29.3 Å². The van der Waals surface area contributed by atoms with Gasteiger partial charge in [0.05, 0.1) is 28.0 Å². The number of nitrogens with one attached hydrogen (secondary N) is 1. The number of nitrogens with zero attached hydrogens (tertiary/aromatic N) is 4. The van der Waals surface area contributed by atoms with Crippen molar-refractivity contribution in [1.82, 2.24) is 25.5 Å². The lowest BCUT2D eigenvalue weighted by Gasteiger charge is -2.16. The van der Waals surface area contributed by atoms with Crippen LogP contribution < -0.4 is 5.32 Å². The third-order valence-electron chi connectivity index (χ3n) is 4.54. The summed E-state index contributed by atoms with van der Waals surface area (Å²) < 4.78 is 6.22. The first-order chi connectivity index (χ1) is 16.7. The molecule has 35 heavy (non-hydrogen) atoms. The molecule has 3 rings (SSSR count). The number of hydrogen-bond donors (Lipinski definition) is 3. The van der Waals surface area contributed by atoms with Crippen LogP contribution in [0.25, 0.3) is 0 Å². The fourth-order valence-electron chi connectivity index (χ4n) is 2.83. The van der Waals surface area contributed by atoms with E-state index in [1.807, 2.05) is 0 Å². The number of alkyl carbamates (subject to hydrolysis) is 1. The molecule has 0 saturated carbocycles. The molecular weight excluding hydrogens is 521 g/mol. The average Bonchev–Trinajstić information content (AvgIpc) is 3.23. The Morgan fingerprint density at radius 1 is 1.11 bits per heavy atom. The Kier molecular flexibility index (Phi) is 9.29. The van der Waals surface area contributed by atoms with E-state index in [2.05, 4.69) is 20.8 Å². The van der Waals surface area contributed by atoms with Gasteiger partial charge in [-0.1, -0.05) is 41.4 Å². The van der Waals surface area contributed by atoms with Gasteiger partial charge < -0.3 is 20.3 Å². The number of carboxylic acids is 1. The number of aliphatic carboxylic acids is 1. The summed E-state index contributed by atoms with van der Waals surface area (Å²) in [5, 5.41) is 32.8. The van der Waals surface area contributed by atoms with Crippen LogP contribution in [-0.4, -0.2) is 60.9 Å². The van der Waals surface area contributed by atoms with E-state index < -0.39 is 36.9 Å². The van der Waals surface area contributed by atoms with Crippen LogP contribution >= 0.6 is 35.0 Å². The average molecular weight is 540 g/mol. The zero-order valence-corrected chi connectivity index (χ0v) is 20.3. The standard InChI is InChI=1S/C21H19Cl2N5O6S/c22-14-2-1-3-15(23)19(14)35-20-25-26-27-28(20)11-17(30)16(10-18(31)32)24-21(33)34-9-8-12-4-6-13(29)7-5-12/h1-7,16,29H,8-11H2,(H,24,33)(H,31,32). The lowest BCUT2D eigenvalue weighted by atomic mass is 10.1. The maximum Gasteiger partial charge on any atom is 0.407 e. The summed E-state index contributed by atoms with van der Waals surface area (Å²) in [7, 11) is 0. The van der Waals surface area contributed by atoms with Crippen molar-refractivity contribution in [1.29, 1.82) is 0 Å². The van der Waals surface area contributed by atoms with E-state index in [4.69, 9.17) is 27.9 Å². The third kappa shape index (κ3) is 7.84. The Labute approximate surface area is 213 Å². The van der Waals surface area contributed by atoms with Crippen molar-refractivity contribution >= 4 is 52.8 Å². The van der Waals surface area contributed by atoms with Gasteiger partial charge in [0.15, 0.2) is 5.78 Å². The zero-order valence-electron chi connectivity index (χ0n) is 17.9. The highest BCUT2D eigenvalue weighted by Gasteiger charge is 2.26. The summed E-state index contributed by atoms with van der Waals surface area (Å²) in [6.45, 7) is -0.430. The van der Waals surface area contributed by atoms with E-state index >= 15 is 0 Å². The van der Waals surface area contributed by atoms with Crippen molar-refractivity contribution in [2.24, 2.45) is 0 Å². The van der Waals surface area contributed by atoms with Crippen LogP contribution in [0.15, 0.2) is 52.5 Å². The number of phenolic OH excluding ortho intramolecular Hbond substituents is 1. The van der Waals surface area contributed by atoms with Gasteiger partial charge in [-0.05, 0) is 52.0 Å². The minimum Gasteiger partial charge on any atom is -0.508 e. The number of aromatic hydroxyl groups is 1. The molecule has 0 saturated heterocycles. The molecule has 2 aromatic carbocycles. The van der Waals surface area contributed by atoms with E-state index in [-0.39, 0.29) is 17.5 Å². The van der Waals surface area contributed by atoms with Gasteiger partial charge in [0.2, 0.25) is 5.16 Å². The van der Waals surface area contributed by atoms with Gasteiger partial charge in [0.25, 0.3) is 0 Å². The number of rotatable bonds is 11. The number of carbonyl (C=O) groups is 3. The number of hydrogen-bond acceptors (Lipinski definition) is 9. The van der Waals surface area contributed by atoms with Gasteiger partial charge in [-0.2, -0.15) is 0 Å². The van der Waals surface area contributed by atoms with Crippen LogP contribution in [0.5, 0.6) is 5.75 Å². The number of amides is 1. The van der Waals surface area contributed by atoms with E-state index in [0.717, 1.165) is 22.0 Å². The van der Waals surface area contributed by atoms with Crippen molar-refractivity contribution in [3.8, 4) is 5.75 Å². The van der Waals surface area contributed by atoms with Crippen LogP contribution in [-0.2, 0) is 27.3 Å². The number of aromatic nitrogens is 4. The second-order valence-electron chi connectivity index (χ2n) is 7.09. The molecule has 0 spiro atoms. The Hall–Kier alpha value is -3.35. The normalized spacial score (nSPS) is 11.6. The Morgan fingerprint density at radius 2 is 1.80 bits per heavy atom. The van der Waals surface area contributed by atoms with Gasteiger partial charge in [0, 0.05) is 6.42 Å². The summed E-state index contributed by atoms with van der Waals surface area (Å²) in [6.07, 6.45) is -1.24. The summed E-state index contributed by atoms with van der Waals surface area (Å²) >= 11 is 13.4. The van der Waals surface area contributed by atoms with Gasteiger partial charge in [-0.15, -0.1) is 5.10 Å². The summed E-state index contributed by atoms with van der Waals surface area (Å²) in [5.74, 6) is -1.83. The Bertz CT molecular complexity index is 1190. The van der Waals surface area contributed by atoms with Crippen LogP contribution in [0.2, 0.25) is 10.0 Å². The highest BCUT2D eigenvalue weighted by Crippen LogP contribution is 2.37. The van der Waals surface area contributed by atoms with Gasteiger partial charge in [0.1, 0.15) is 18.3 Å². The molecule has 1 aromatic heterocycles. The summed E-state index contributed by atoms with van der Waals surface area (Å²) in [6, 6.07) is 9.91. The number of Topliss-reactive ketones (excluding diaryl/α,β-unsaturated/α-hetero) is 1. The molecule has 0 aliphatic carbocycles. The topological polar surface area (TPSA) is 157 Å². The predicted molar refractivity (Wildman–Crippen MR) is 126 cm³/mol. The molecule has 184 valence electrons. The molecule has 1 atom stereocenters. The minimum atomic E-state index is -1.38. The molecular formula is C21H19Cl2N5O6S. The molecule has 3 aromatic rings. The summed E-state index contributed by atoms with van der Waals surface area (Å²) in [5.41, 5.74) is 0.816. The van der Waals surface area contributed by atoms with Crippen molar-refractivity contribution in [2.45, 2.75) is 35.5 Å². The maximum absolute atomic E-state index is 12.8. The van der Waals surface area contributed by atoms with Crippen molar-refractivity contribution in [3.05, 3.63) is 58.1 Å². The molecule has 0 aliphatic rings. The minimum absolute atomic E-state index is 0.0169. The first-order valence-electron chi connectivity index (χ1n) is 10.1. The molecule has 1 heterocycles. The van der Waals surface area contributed by atoms with Crippen LogP contribution in [0.4, 0.5) is 4.79 Å². The van der Waals surface area contributed by atoms with E-state index in [1.165, 1.54) is 12.1 Å². The molecule has 0 aliphatic heterocycles. The third-order valence-corrected chi connectivity index (χ3v) is 6.51. The van der Waals surface area contributed by atoms with Gasteiger partial charge in [-0.25, -0.2) is 9.48 Å².